The maximum absolute atomic E-state index is 13.6. The number of esters is 1. The van der Waals surface area contributed by atoms with E-state index < -0.39 is 47.7 Å². The van der Waals surface area contributed by atoms with E-state index in [0.717, 1.165) is 32.5 Å². The van der Waals surface area contributed by atoms with Crippen LogP contribution in [0.2, 0.25) is 0 Å². The minimum Gasteiger partial charge on any atom is -0.457 e. The number of allylic oxidation sites excluding steroid dienone is 2. The molecule has 3 saturated heterocycles. The largest absolute Gasteiger partial charge is 0.457 e. The highest BCUT2D eigenvalue weighted by atomic mass is 16.6. The Morgan fingerprint density at radius 3 is 2.61 bits per heavy atom. The first-order chi connectivity index (χ1) is 23.1. The molecule has 278 valence electrons. The zero-order valence-corrected chi connectivity index (χ0v) is 30.5. The second kappa shape index (κ2) is 17.3. The Hall–Kier alpha value is -2.28. The van der Waals surface area contributed by atoms with Crippen molar-refractivity contribution in [3.63, 3.8) is 0 Å². The number of aliphatic hydroxyl groups is 4. The fraction of sp³-hybridized carbons (Fsp3) is 0.789. The summed E-state index contributed by atoms with van der Waals surface area (Å²) in [5.74, 6) is -0.933. The lowest BCUT2D eigenvalue weighted by atomic mass is 9.88. The fourth-order valence-corrected chi connectivity index (χ4v) is 7.51. The molecular formula is C38H62N2O9. The number of epoxide rings is 1. The Kier molecular flexibility index (Phi) is 13.9. The highest BCUT2D eigenvalue weighted by Crippen LogP contribution is 2.37. The van der Waals surface area contributed by atoms with E-state index in [1.807, 2.05) is 33.8 Å². The summed E-state index contributed by atoms with van der Waals surface area (Å²) in [6.45, 7) is 14.5. The summed E-state index contributed by atoms with van der Waals surface area (Å²) in [5, 5.41) is 43.4. The van der Waals surface area contributed by atoms with Gasteiger partial charge in [0, 0.05) is 37.4 Å². The second-order valence-electron chi connectivity index (χ2n) is 15.5. The van der Waals surface area contributed by atoms with Gasteiger partial charge in [-0.2, -0.15) is 0 Å². The number of rotatable bonds is 11. The molecule has 11 heteroatoms. The zero-order chi connectivity index (χ0) is 35.9. The van der Waals surface area contributed by atoms with Crippen LogP contribution in [0, 0.1) is 11.8 Å². The molecule has 0 aliphatic carbocycles. The lowest BCUT2D eigenvalue weighted by molar-refractivity contribution is -0.151. The van der Waals surface area contributed by atoms with Crippen LogP contribution < -0.4 is 0 Å². The molecule has 4 aliphatic rings. The summed E-state index contributed by atoms with van der Waals surface area (Å²) in [5.41, 5.74) is -1.92. The number of hydrogen-bond acceptors (Lipinski definition) is 10. The molecule has 11 unspecified atom stereocenters. The van der Waals surface area contributed by atoms with E-state index >= 15 is 0 Å². The van der Waals surface area contributed by atoms with Crippen molar-refractivity contribution in [2.45, 2.75) is 153 Å². The van der Waals surface area contributed by atoms with Crippen LogP contribution in [0.25, 0.3) is 0 Å². The van der Waals surface area contributed by atoms with Gasteiger partial charge >= 0.3 is 12.1 Å². The van der Waals surface area contributed by atoms with Gasteiger partial charge in [-0.15, -0.1) is 0 Å². The van der Waals surface area contributed by atoms with Crippen molar-refractivity contribution in [2.24, 2.45) is 11.8 Å². The highest BCUT2D eigenvalue weighted by molar-refractivity contribution is 5.70. The van der Waals surface area contributed by atoms with E-state index in [1.54, 1.807) is 43.1 Å². The third-order valence-corrected chi connectivity index (χ3v) is 10.9. The monoisotopic (exact) mass is 690 g/mol. The molecule has 0 aromatic heterocycles. The van der Waals surface area contributed by atoms with Gasteiger partial charge in [0.25, 0.3) is 0 Å². The third kappa shape index (κ3) is 11.4. The smallest absolute Gasteiger partial charge is 0.410 e. The second-order valence-corrected chi connectivity index (χ2v) is 15.5. The van der Waals surface area contributed by atoms with Gasteiger partial charge in [0.05, 0.1) is 36.4 Å². The number of hydrogen-bond donors (Lipinski definition) is 4. The number of carbonyl (C=O) groups is 2. The Morgan fingerprint density at radius 1 is 1.20 bits per heavy atom. The zero-order valence-electron chi connectivity index (χ0n) is 30.5. The van der Waals surface area contributed by atoms with E-state index in [1.165, 1.54) is 12.8 Å². The van der Waals surface area contributed by atoms with Crippen LogP contribution in [0.3, 0.4) is 0 Å². The molecule has 4 N–H and O–H groups in total. The normalized spacial score (nSPS) is 36.8. The molecule has 0 radical (unpaired) electrons. The van der Waals surface area contributed by atoms with Crippen LogP contribution >= 0.6 is 0 Å². The number of amides is 1. The predicted octanol–water partition coefficient (Wildman–Crippen LogP) is 4.27. The van der Waals surface area contributed by atoms with Gasteiger partial charge < -0.3 is 44.4 Å². The molecule has 1 amide bonds. The number of carbonyl (C=O) groups excluding carboxylic acids is 2. The Morgan fingerprint density at radius 2 is 1.92 bits per heavy atom. The Labute approximate surface area is 293 Å². The Bertz CT molecular complexity index is 1190. The predicted molar refractivity (Wildman–Crippen MR) is 187 cm³/mol. The lowest BCUT2D eigenvalue weighted by Crippen LogP contribution is -2.48. The minimum atomic E-state index is -1.48. The molecule has 0 spiro atoms. The average molecular weight is 691 g/mol. The number of ether oxygens (including phenoxy) is 3. The van der Waals surface area contributed by atoms with E-state index in [2.05, 4.69) is 4.90 Å². The van der Waals surface area contributed by atoms with E-state index in [9.17, 15) is 30.0 Å². The molecule has 4 heterocycles. The van der Waals surface area contributed by atoms with Crippen molar-refractivity contribution < 1.29 is 44.2 Å². The first kappa shape index (κ1) is 39.5. The highest BCUT2D eigenvalue weighted by Gasteiger charge is 2.47. The molecule has 0 saturated carbocycles. The number of nitrogens with zero attached hydrogens (tertiary/aromatic N) is 2. The average Bonchev–Trinajstić information content (AvgIpc) is 3.37. The van der Waals surface area contributed by atoms with Crippen LogP contribution in [0.4, 0.5) is 4.79 Å². The summed E-state index contributed by atoms with van der Waals surface area (Å²) in [6, 6.07) is 0.0766. The van der Waals surface area contributed by atoms with Gasteiger partial charge in [0.15, 0.2) is 6.10 Å². The summed E-state index contributed by atoms with van der Waals surface area (Å²) >= 11 is 0. The molecule has 49 heavy (non-hydrogen) atoms. The van der Waals surface area contributed by atoms with Crippen LogP contribution in [-0.4, -0.2) is 122 Å². The van der Waals surface area contributed by atoms with Gasteiger partial charge in [0.1, 0.15) is 11.7 Å². The first-order valence-electron chi connectivity index (χ1n) is 18.5. The van der Waals surface area contributed by atoms with Crippen molar-refractivity contribution in [1.29, 1.82) is 0 Å². The number of aliphatic hydroxyl groups excluding tert-OH is 2. The molecular weight excluding hydrogens is 628 g/mol. The van der Waals surface area contributed by atoms with Gasteiger partial charge in [-0.3, -0.25) is 4.79 Å². The summed E-state index contributed by atoms with van der Waals surface area (Å²) < 4.78 is 17.7. The minimum absolute atomic E-state index is 0.00973. The summed E-state index contributed by atoms with van der Waals surface area (Å²) in [4.78, 5) is 30.6. The maximum atomic E-state index is 13.6. The molecule has 11 atom stereocenters. The molecule has 4 rings (SSSR count). The molecule has 0 aromatic carbocycles. The maximum Gasteiger partial charge on any atom is 0.410 e. The standard InChI is InChI=1S/C38H62N2O9/c1-7-30(42)27(4)35-31(47-35)23-37(5,45)17-10-12-25(2)34-26(3)14-15-32(38(6,46)18-16-29(41)22-33(43)49-34)48-36(44)40-21-11-13-28(40)24-39-19-8-9-20-39/h10,12,14-15,17,26-32,34-35,41-42,45-46H,7-9,11,13,16,18-24H2,1-6H3/b15-14+,17-10+,25-12+. The SMILES string of the molecule is CCC(O)C(C)C1OC1CC(C)(O)/C=C/C=C(\C)C1OC(=O)CC(O)CCC(C)(O)C(OC(=O)N2CCCC2CN2CCCC2)/C=C/C1C. The molecule has 0 bridgehead atoms. The first-order valence-corrected chi connectivity index (χ1v) is 18.5. The van der Waals surface area contributed by atoms with Crippen molar-refractivity contribution in [2.75, 3.05) is 26.2 Å². The Balaban J connectivity index is 1.46. The van der Waals surface area contributed by atoms with Crippen LogP contribution in [-0.2, 0) is 19.0 Å². The lowest BCUT2D eigenvalue weighted by Gasteiger charge is -2.35. The number of likely N-dealkylation sites (tertiary alicyclic amines) is 2. The topological polar surface area (TPSA) is 153 Å². The van der Waals surface area contributed by atoms with E-state index in [-0.39, 0.29) is 49.3 Å². The van der Waals surface area contributed by atoms with Gasteiger partial charge in [-0.05, 0) is 90.5 Å². The van der Waals surface area contributed by atoms with Crippen molar-refractivity contribution in [3.8, 4) is 0 Å². The summed E-state index contributed by atoms with van der Waals surface area (Å²) in [7, 11) is 0. The van der Waals surface area contributed by atoms with Crippen LogP contribution in [0.1, 0.15) is 99.3 Å². The third-order valence-electron chi connectivity index (χ3n) is 10.9. The fourth-order valence-electron chi connectivity index (χ4n) is 7.51. The molecule has 11 nitrogen and oxygen atoms in total. The summed E-state index contributed by atoms with van der Waals surface area (Å²) in [6.07, 6.45) is 10.1. The van der Waals surface area contributed by atoms with Gasteiger partial charge in [-0.25, -0.2) is 4.79 Å². The van der Waals surface area contributed by atoms with Crippen molar-refractivity contribution in [1.82, 2.24) is 9.80 Å². The quantitative estimate of drug-likeness (QED) is 0.107. The number of cyclic esters (lactones) is 1. The van der Waals surface area contributed by atoms with Crippen LogP contribution in [0.5, 0.6) is 0 Å². The van der Waals surface area contributed by atoms with Crippen molar-refractivity contribution >= 4 is 12.1 Å². The molecule has 3 fully saturated rings. The van der Waals surface area contributed by atoms with Crippen molar-refractivity contribution in [3.05, 3.63) is 36.0 Å². The van der Waals surface area contributed by atoms with Gasteiger partial charge in [-0.1, -0.05) is 45.1 Å². The van der Waals surface area contributed by atoms with Crippen LogP contribution in [0.15, 0.2) is 36.0 Å². The van der Waals surface area contributed by atoms with E-state index in [4.69, 9.17) is 14.2 Å². The molecule has 4 aliphatic heterocycles. The van der Waals surface area contributed by atoms with E-state index in [0.29, 0.717) is 25.0 Å². The van der Waals surface area contributed by atoms with Gasteiger partial charge in [0.2, 0.25) is 0 Å². The molecule has 0 aromatic rings.